The van der Waals surface area contributed by atoms with E-state index < -0.39 is 6.04 Å². The zero-order chi connectivity index (χ0) is 18.1. The first-order chi connectivity index (χ1) is 11.9. The number of anilines is 2. The fourth-order valence-electron chi connectivity index (χ4n) is 2.86. The highest BCUT2D eigenvalue weighted by Gasteiger charge is 2.36. The monoisotopic (exact) mass is 337 g/mol. The van der Waals surface area contributed by atoms with Crippen LogP contribution in [0.3, 0.4) is 0 Å². The maximum atomic E-state index is 12.3. The maximum absolute atomic E-state index is 12.3. The van der Waals surface area contributed by atoms with Crippen molar-refractivity contribution in [3.8, 4) is 6.07 Å². The van der Waals surface area contributed by atoms with Crippen LogP contribution in [0.2, 0.25) is 0 Å². The standard InChI is InChI=1S/C18H19N5O2/c1-10(2)12-4-6-13(7-5-12)20-16(24)8-15-18(25)21-17-14(9-19)11(3)22-23(15)17/h4-7,10,15H,8H2,1-3H3,(H,20,24)(H,21,25)/t15-/m0/s1. The molecule has 7 nitrogen and oxygen atoms in total. The fourth-order valence-corrected chi connectivity index (χ4v) is 2.86. The molecule has 1 aromatic carbocycles. The van der Waals surface area contributed by atoms with Gasteiger partial charge >= 0.3 is 0 Å². The average molecular weight is 337 g/mol. The molecule has 0 fully saturated rings. The molecule has 0 saturated heterocycles. The fraction of sp³-hybridized carbons (Fsp3) is 0.333. The van der Waals surface area contributed by atoms with Crippen molar-refractivity contribution < 1.29 is 9.59 Å². The van der Waals surface area contributed by atoms with Gasteiger partial charge in [0, 0.05) is 5.69 Å². The highest BCUT2D eigenvalue weighted by Crippen LogP contribution is 2.31. The van der Waals surface area contributed by atoms with Crippen molar-refractivity contribution in [1.29, 1.82) is 5.26 Å². The molecular weight excluding hydrogens is 318 g/mol. The van der Waals surface area contributed by atoms with Gasteiger partial charge in [-0.25, -0.2) is 4.68 Å². The lowest BCUT2D eigenvalue weighted by Crippen LogP contribution is -2.23. The summed E-state index contributed by atoms with van der Waals surface area (Å²) in [5.74, 6) is 0.174. The summed E-state index contributed by atoms with van der Waals surface area (Å²) in [7, 11) is 0. The van der Waals surface area contributed by atoms with E-state index in [-0.39, 0.29) is 18.2 Å². The molecule has 1 aromatic heterocycles. The van der Waals surface area contributed by atoms with Crippen LogP contribution in [0.5, 0.6) is 0 Å². The Morgan fingerprint density at radius 2 is 2.08 bits per heavy atom. The number of hydrogen-bond donors (Lipinski definition) is 2. The first-order valence-electron chi connectivity index (χ1n) is 8.10. The topological polar surface area (TPSA) is 99.8 Å². The molecule has 7 heteroatoms. The van der Waals surface area contributed by atoms with Crippen LogP contribution in [-0.2, 0) is 9.59 Å². The zero-order valence-electron chi connectivity index (χ0n) is 14.3. The van der Waals surface area contributed by atoms with Gasteiger partial charge in [-0.1, -0.05) is 26.0 Å². The van der Waals surface area contributed by atoms with Crippen molar-refractivity contribution >= 4 is 23.3 Å². The number of fused-ring (bicyclic) bond motifs is 1. The molecule has 1 aliphatic heterocycles. The molecule has 2 amide bonds. The lowest BCUT2D eigenvalue weighted by atomic mass is 10.0. The average Bonchev–Trinajstić information content (AvgIpc) is 3.02. The molecule has 0 bridgehead atoms. The van der Waals surface area contributed by atoms with E-state index in [4.69, 9.17) is 5.26 Å². The largest absolute Gasteiger partial charge is 0.326 e. The lowest BCUT2D eigenvalue weighted by Gasteiger charge is -2.11. The van der Waals surface area contributed by atoms with Crippen molar-refractivity contribution in [2.45, 2.75) is 39.2 Å². The summed E-state index contributed by atoms with van der Waals surface area (Å²) < 4.78 is 1.43. The Balaban J connectivity index is 1.72. The Morgan fingerprint density at radius 1 is 1.40 bits per heavy atom. The molecule has 0 spiro atoms. The summed E-state index contributed by atoms with van der Waals surface area (Å²) in [6.45, 7) is 5.90. The summed E-state index contributed by atoms with van der Waals surface area (Å²) >= 11 is 0. The minimum Gasteiger partial charge on any atom is -0.326 e. The number of hydrogen-bond acceptors (Lipinski definition) is 4. The number of carbonyl (C=O) groups is 2. The van der Waals surface area contributed by atoms with Crippen molar-refractivity contribution in [3.63, 3.8) is 0 Å². The van der Waals surface area contributed by atoms with Crippen LogP contribution in [0.25, 0.3) is 0 Å². The third kappa shape index (κ3) is 3.11. The summed E-state index contributed by atoms with van der Waals surface area (Å²) in [5.41, 5.74) is 2.74. The Kier molecular flexibility index (Phi) is 4.28. The van der Waals surface area contributed by atoms with Gasteiger partial charge in [-0.15, -0.1) is 0 Å². The van der Waals surface area contributed by atoms with Crippen LogP contribution in [0.1, 0.15) is 49.0 Å². The highest BCUT2D eigenvalue weighted by atomic mass is 16.2. The Bertz CT molecular complexity index is 874. The van der Waals surface area contributed by atoms with Crippen LogP contribution in [0, 0.1) is 18.3 Å². The number of nitriles is 1. The Hall–Kier alpha value is -3.14. The van der Waals surface area contributed by atoms with Gasteiger partial charge in [-0.2, -0.15) is 10.4 Å². The van der Waals surface area contributed by atoms with Crippen LogP contribution in [0.4, 0.5) is 11.5 Å². The normalized spacial score (nSPS) is 15.6. The number of rotatable bonds is 4. The van der Waals surface area contributed by atoms with Crippen LogP contribution < -0.4 is 10.6 Å². The number of aryl methyl sites for hydroxylation is 1. The lowest BCUT2D eigenvalue weighted by molar-refractivity contribution is -0.123. The molecule has 0 aliphatic carbocycles. The number of carbonyl (C=O) groups excluding carboxylic acids is 2. The first kappa shape index (κ1) is 16.7. The van der Waals surface area contributed by atoms with Crippen LogP contribution in [-0.4, -0.2) is 21.6 Å². The summed E-state index contributed by atoms with van der Waals surface area (Å²) in [5, 5.41) is 18.8. The van der Waals surface area contributed by atoms with Crippen LogP contribution >= 0.6 is 0 Å². The molecule has 2 heterocycles. The van der Waals surface area contributed by atoms with Crippen molar-refractivity contribution in [2.75, 3.05) is 10.6 Å². The first-order valence-corrected chi connectivity index (χ1v) is 8.10. The van der Waals surface area contributed by atoms with Crippen molar-refractivity contribution in [1.82, 2.24) is 9.78 Å². The van der Waals surface area contributed by atoms with E-state index in [0.29, 0.717) is 28.7 Å². The molecule has 0 saturated carbocycles. The summed E-state index contributed by atoms with van der Waals surface area (Å²) in [4.78, 5) is 24.4. The number of aromatic nitrogens is 2. The minimum absolute atomic E-state index is 0.0449. The number of nitrogens with one attached hydrogen (secondary N) is 2. The zero-order valence-corrected chi connectivity index (χ0v) is 14.3. The smallest absolute Gasteiger partial charge is 0.251 e. The van der Waals surface area contributed by atoms with Crippen molar-refractivity contribution in [3.05, 3.63) is 41.1 Å². The molecule has 2 N–H and O–H groups in total. The second-order valence-electron chi connectivity index (χ2n) is 6.40. The van der Waals surface area contributed by atoms with Gasteiger partial charge in [-0.3, -0.25) is 9.59 Å². The van der Waals surface area contributed by atoms with Crippen molar-refractivity contribution in [2.24, 2.45) is 0 Å². The van der Waals surface area contributed by atoms with E-state index in [9.17, 15) is 9.59 Å². The van der Waals surface area contributed by atoms with Gasteiger partial charge in [0.1, 0.15) is 23.5 Å². The number of amides is 2. The highest BCUT2D eigenvalue weighted by molar-refractivity contribution is 6.02. The molecule has 128 valence electrons. The van der Waals surface area contributed by atoms with E-state index in [0.717, 1.165) is 0 Å². The molecule has 1 atom stereocenters. The van der Waals surface area contributed by atoms with Gasteiger partial charge in [0.05, 0.1) is 12.1 Å². The molecular formula is C18H19N5O2. The summed E-state index contributed by atoms with van der Waals surface area (Å²) in [6.07, 6.45) is -0.0449. The predicted octanol–water partition coefficient (Wildman–Crippen LogP) is 2.71. The van der Waals surface area contributed by atoms with E-state index in [2.05, 4.69) is 29.6 Å². The molecule has 0 unspecified atom stereocenters. The molecule has 0 radical (unpaired) electrons. The quantitative estimate of drug-likeness (QED) is 0.896. The maximum Gasteiger partial charge on any atom is 0.251 e. The van der Waals surface area contributed by atoms with Crippen LogP contribution in [0.15, 0.2) is 24.3 Å². The van der Waals surface area contributed by atoms with Gasteiger partial charge < -0.3 is 10.6 Å². The summed E-state index contributed by atoms with van der Waals surface area (Å²) in [6, 6.07) is 8.91. The third-order valence-electron chi connectivity index (χ3n) is 4.28. The van der Waals surface area contributed by atoms with E-state index in [1.54, 1.807) is 6.92 Å². The molecule has 3 rings (SSSR count). The third-order valence-corrected chi connectivity index (χ3v) is 4.28. The number of nitrogens with zero attached hydrogens (tertiary/aromatic N) is 3. The Labute approximate surface area is 145 Å². The minimum atomic E-state index is -0.745. The molecule has 2 aromatic rings. The van der Waals surface area contributed by atoms with Gasteiger partial charge in [0.15, 0.2) is 0 Å². The molecule has 25 heavy (non-hydrogen) atoms. The van der Waals surface area contributed by atoms with Gasteiger partial charge in [-0.05, 0) is 30.5 Å². The molecule has 1 aliphatic rings. The second kappa shape index (κ2) is 6.40. The van der Waals surface area contributed by atoms with Gasteiger partial charge in [0.25, 0.3) is 5.91 Å². The van der Waals surface area contributed by atoms with Gasteiger partial charge in [0.2, 0.25) is 5.91 Å². The predicted molar refractivity (Wildman–Crippen MR) is 93.1 cm³/mol. The number of benzene rings is 1. The van der Waals surface area contributed by atoms with E-state index in [1.165, 1.54) is 10.2 Å². The Morgan fingerprint density at radius 3 is 2.68 bits per heavy atom. The van der Waals surface area contributed by atoms with E-state index in [1.807, 2.05) is 30.3 Å². The second-order valence-corrected chi connectivity index (χ2v) is 6.40. The van der Waals surface area contributed by atoms with E-state index >= 15 is 0 Å². The SMILES string of the molecule is Cc1nn2c(c1C#N)NC(=O)[C@@H]2CC(=O)Nc1ccc(C(C)C)cc1.